The number of hydrogen-bond acceptors (Lipinski definition) is 1. The third-order valence-corrected chi connectivity index (χ3v) is 4.91. The summed E-state index contributed by atoms with van der Waals surface area (Å²) in [5.74, 6) is 0. The van der Waals surface area contributed by atoms with Crippen LogP contribution in [0.3, 0.4) is 0 Å². The quantitative estimate of drug-likeness (QED) is 0.379. The van der Waals surface area contributed by atoms with E-state index in [2.05, 4.69) is 61.2 Å². The maximum absolute atomic E-state index is 2.48. The first kappa shape index (κ1) is 13.6. The summed E-state index contributed by atoms with van der Waals surface area (Å²) >= 11 is 4.56. The number of hydrogen-bond donors (Lipinski definition) is 0. The average Bonchev–Trinajstić information content (AvgIpc) is 2.39. The molecule has 0 N–H and O–H groups in total. The van der Waals surface area contributed by atoms with Crippen LogP contribution in [-0.4, -0.2) is 9.68 Å². The van der Waals surface area contributed by atoms with Gasteiger partial charge in [0.2, 0.25) is 0 Å². The van der Waals surface area contributed by atoms with Gasteiger partial charge in [-0.2, -0.15) is 0 Å². The van der Waals surface area contributed by atoms with E-state index in [0.717, 1.165) is 5.25 Å². The van der Waals surface area contributed by atoms with Gasteiger partial charge in [0, 0.05) is 9.68 Å². The highest BCUT2D eigenvalue weighted by Gasteiger charge is 2.12. The molecule has 1 aliphatic carbocycles. The predicted molar refractivity (Wildman–Crippen MR) is 80.9 cm³/mol. The predicted octanol–water partition coefficient (Wildman–Crippen LogP) is 5.34. The highest BCUT2D eigenvalue weighted by molar-refractivity contribution is 14.1. The lowest BCUT2D eigenvalue weighted by Crippen LogP contribution is -1.92. The van der Waals surface area contributed by atoms with Crippen LogP contribution in [0.4, 0.5) is 0 Å². The zero-order chi connectivity index (χ0) is 11.3. The van der Waals surface area contributed by atoms with Crippen molar-refractivity contribution in [1.82, 2.24) is 0 Å². The van der Waals surface area contributed by atoms with Gasteiger partial charge in [-0.15, -0.1) is 11.8 Å². The summed E-state index contributed by atoms with van der Waals surface area (Å²) in [5, 5.41) is 0.725. The Kier molecular flexibility index (Phi) is 6.36. The topological polar surface area (TPSA) is 0 Å². The Balaban J connectivity index is 2.72. The van der Waals surface area contributed by atoms with Crippen LogP contribution in [0.15, 0.2) is 22.1 Å². The lowest BCUT2D eigenvalue weighted by molar-refractivity contribution is 0.958. The van der Waals surface area contributed by atoms with Gasteiger partial charge < -0.3 is 0 Å². The van der Waals surface area contributed by atoms with Crippen LogP contribution < -0.4 is 0 Å². The molecule has 0 aliphatic heterocycles. The van der Waals surface area contributed by atoms with Crippen molar-refractivity contribution in [3.8, 4) is 0 Å². The van der Waals surface area contributed by atoms with Crippen LogP contribution in [0.25, 0.3) is 0 Å². The van der Waals surface area contributed by atoms with Crippen molar-refractivity contribution >= 4 is 34.4 Å². The fraction of sp³-hybridized carbons (Fsp3) is 0.692. The molecule has 0 unspecified atom stereocenters. The molecule has 1 rings (SSSR count). The first-order valence-electron chi connectivity index (χ1n) is 5.78. The van der Waals surface area contributed by atoms with Crippen molar-refractivity contribution in [3.63, 3.8) is 0 Å². The molecule has 0 aromatic heterocycles. The van der Waals surface area contributed by atoms with Gasteiger partial charge in [-0.05, 0) is 30.6 Å². The number of halogens is 1. The molecule has 0 bridgehead atoms. The summed E-state index contributed by atoms with van der Waals surface area (Å²) in [5.41, 5.74) is 3.31. The molecule has 0 fully saturated rings. The van der Waals surface area contributed by atoms with Crippen molar-refractivity contribution in [3.05, 3.63) is 22.1 Å². The number of allylic oxidation sites excluding steroid dienone is 4. The van der Waals surface area contributed by atoms with Crippen molar-refractivity contribution in [2.75, 3.05) is 4.43 Å². The molecule has 0 amide bonds. The first-order chi connectivity index (χ1) is 7.17. The normalized spacial score (nSPS) is 18.1. The molecule has 0 atom stereocenters. The lowest BCUT2D eigenvalue weighted by atomic mass is 10.1. The van der Waals surface area contributed by atoms with E-state index in [0.29, 0.717) is 0 Å². The second kappa shape index (κ2) is 7.00. The zero-order valence-electron chi connectivity index (χ0n) is 9.98. The molecule has 1 aliphatic rings. The summed E-state index contributed by atoms with van der Waals surface area (Å²) in [6.45, 7) is 6.88. The molecule has 0 saturated carbocycles. The Bertz CT molecular complexity index is 264. The van der Waals surface area contributed by atoms with E-state index in [1.54, 1.807) is 16.1 Å². The molecule has 0 heterocycles. The van der Waals surface area contributed by atoms with E-state index in [9.17, 15) is 0 Å². The largest absolute Gasteiger partial charge is 0.128 e. The van der Waals surface area contributed by atoms with Crippen LogP contribution in [0.2, 0.25) is 0 Å². The van der Waals surface area contributed by atoms with Gasteiger partial charge >= 0.3 is 0 Å². The van der Waals surface area contributed by atoms with Gasteiger partial charge in [0.1, 0.15) is 0 Å². The third kappa shape index (κ3) is 4.51. The summed E-state index contributed by atoms with van der Waals surface area (Å²) < 4.78 is 1.20. The van der Waals surface area contributed by atoms with Gasteiger partial charge in [0.15, 0.2) is 0 Å². The van der Waals surface area contributed by atoms with Crippen LogP contribution in [0.1, 0.15) is 46.5 Å². The SMILES string of the molecule is CCC1=C(SC(C)C)CCC(CI)=CC1. The van der Waals surface area contributed by atoms with E-state index < -0.39 is 0 Å². The van der Waals surface area contributed by atoms with Crippen molar-refractivity contribution in [1.29, 1.82) is 0 Å². The van der Waals surface area contributed by atoms with Crippen LogP contribution in [0, 0.1) is 0 Å². The van der Waals surface area contributed by atoms with Crippen LogP contribution >= 0.6 is 34.4 Å². The zero-order valence-corrected chi connectivity index (χ0v) is 13.0. The maximum Gasteiger partial charge on any atom is 0.0206 e. The Morgan fingerprint density at radius 1 is 1.40 bits per heavy atom. The van der Waals surface area contributed by atoms with Crippen molar-refractivity contribution in [2.24, 2.45) is 0 Å². The number of alkyl halides is 1. The van der Waals surface area contributed by atoms with Crippen molar-refractivity contribution in [2.45, 2.75) is 51.7 Å². The van der Waals surface area contributed by atoms with Gasteiger partial charge in [-0.25, -0.2) is 0 Å². The standard InChI is InChI=1S/C13H21IS/c1-4-12-7-5-11(9-14)6-8-13(12)15-10(2)3/h5,10H,4,6-9H2,1-3H3. The van der Waals surface area contributed by atoms with Crippen LogP contribution in [0.5, 0.6) is 0 Å². The van der Waals surface area contributed by atoms with E-state index in [4.69, 9.17) is 0 Å². The minimum atomic E-state index is 0.725. The van der Waals surface area contributed by atoms with Crippen LogP contribution in [-0.2, 0) is 0 Å². The number of thioether (sulfide) groups is 1. The molecule has 2 heteroatoms. The summed E-state index contributed by atoms with van der Waals surface area (Å²) in [6.07, 6.45) is 7.44. The highest BCUT2D eigenvalue weighted by atomic mass is 127. The molecule has 0 radical (unpaired) electrons. The molecule has 0 spiro atoms. The second-order valence-corrected chi connectivity index (χ2v) is 6.68. The third-order valence-electron chi connectivity index (χ3n) is 2.68. The molecule has 86 valence electrons. The minimum Gasteiger partial charge on any atom is -0.128 e. The van der Waals surface area contributed by atoms with Gasteiger partial charge in [-0.1, -0.05) is 60.6 Å². The molecular formula is C13H21IS. The van der Waals surface area contributed by atoms with Gasteiger partial charge in [0.25, 0.3) is 0 Å². The monoisotopic (exact) mass is 336 g/mol. The van der Waals surface area contributed by atoms with E-state index in [-0.39, 0.29) is 0 Å². The Labute approximate surface area is 112 Å². The Hall–Kier alpha value is 0.560. The molecule has 15 heavy (non-hydrogen) atoms. The highest BCUT2D eigenvalue weighted by Crippen LogP contribution is 2.35. The molecule has 0 aromatic rings. The summed E-state index contributed by atoms with van der Waals surface area (Å²) in [7, 11) is 0. The fourth-order valence-electron chi connectivity index (χ4n) is 1.82. The minimum absolute atomic E-state index is 0.725. The molecule has 0 saturated heterocycles. The first-order valence-corrected chi connectivity index (χ1v) is 8.19. The van der Waals surface area contributed by atoms with Gasteiger partial charge in [0.05, 0.1) is 0 Å². The average molecular weight is 336 g/mol. The maximum atomic E-state index is 2.48. The summed E-state index contributed by atoms with van der Waals surface area (Å²) in [6, 6.07) is 0. The molecule has 0 aromatic carbocycles. The molecule has 0 nitrogen and oxygen atoms in total. The van der Waals surface area contributed by atoms with E-state index in [1.165, 1.54) is 30.1 Å². The smallest absolute Gasteiger partial charge is 0.0206 e. The van der Waals surface area contributed by atoms with Crippen molar-refractivity contribution < 1.29 is 0 Å². The fourth-order valence-corrected chi connectivity index (χ4v) is 3.70. The van der Waals surface area contributed by atoms with E-state index >= 15 is 0 Å². The lowest BCUT2D eigenvalue weighted by Gasteiger charge is -2.13. The summed E-state index contributed by atoms with van der Waals surface area (Å²) in [4.78, 5) is 1.67. The van der Waals surface area contributed by atoms with Gasteiger partial charge in [-0.3, -0.25) is 0 Å². The second-order valence-electron chi connectivity index (χ2n) is 4.25. The van der Waals surface area contributed by atoms with E-state index in [1.807, 2.05) is 0 Å². The number of rotatable bonds is 4. The Morgan fingerprint density at radius 2 is 2.13 bits per heavy atom. The molecular weight excluding hydrogens is 315 g/mol. The Morgan fingerprint density at radius 3 is 2.67 bits per heavy atom.